The van der Waals surface area contributed by atoms with Gasteiger partial charge in [-0.25, -0.2) is 4.98 Å². The number of nitrogens with one attached hydrogen (secondary N) is 1. The molecule has 22 heavy (non-hydrogen) atoms. The molecule has 0 aliphatic carbocycles. The lowest BCUT2D eigenvalue weighted by Crippen LogP contribution is -2.27. The Kier molecular flexibility index (Phi) is 5.86. The van der Waals surface area contributed by atoms with Gasteiger partial charge in [-0.05, 0) is 24.1 Å². The third-order valence-electron chi connectivity index (χ3n) is 3.02. The zero-order chi connectivity index (χ0) is 16.1. The van der Waals surface area contributed by atoms with Gasteiger partial charge < -0.3 is 9.73 Å². The monoisotopic (exact) mass is 340 g/mol. The van der Waals surface area contributed by atoms with Crippen molar-refractivity contribution in [3.05, 3.63) is 40.3 Å². The van der Waals surface area contributed by atoms with Crippen molar-refractivity contribution in [2.24, 2.45) is 5.92 Å². The molecule has 0 unspecified atom stereocenters. The van der Waals surface area contributed by atoms with E-state index in [4.69, 9.17) is 27.6 Å². The fourth-order valence-electron chi connectivity index (χ4n) is 1.87. The number of hydrogen-bond donors (Lipinski definition) is 1. The molecule has 1 amide bonds. The lowest BCUT2D eigenvalue weighted by atomic mass is 10.2. The maximum Gasteiger partial charge on any atom is 0.220 e. The first kappa shape index (κ1) is 16.8. The fraction of sp³-hybridized carbons (Fsp3) is 0.375. The predicted octanol–water partition coefficient (Wildman–Crippen LogP) is 4.35. The van der Waals surface area contributed by atoms with Crippen molar-refractivity contribution < 1.29 is 9.21 Å². The SMILES string of the molecule is CC(C)CNC(=O)CCc1ncc(-c2ccc(Cl)cc2Cl)o1. The quantitative estimate of drug-likeness (QED) is 0.850. The highest BCUT2D eigenvalue weighted by molar-refractivity contribution is 6.36. The number of benzene rings is 1. The molecular weight excluding hydrogens is 323 g/mol. The molecule has 0 aliphatic heterocycles. The van der Waals surface area contributed by atoms with Crippen LogP contribution in [0.2, 0.25) is 10.0 Å². The van der Waals surface area contributed by atoms with Crippen molar-refractivity contribution in [2.45, 2.75) is 26.7 Å². The molecule has 6 heteroatoms. The zero-order valence-electron chi connectivity index (χ0n) is 12.5. The Bertz CT molecular complexity index is 653. The van der Waals surface area contributed by atoms with Gasteiger partial charge in [0.25, 0.3) is 0 Å². The number of halogens is 2. The van der Waals surface area contributed by atoms with Crippen LogP contribution in [0.1, 0.15) is 26.2 Å². The molecule has 1 heterocycles. The van der Waals surface area contributed by atoms with Crippen LogP contribution in [-0.2, 0) is 11.2 Å². The van der Waals surface area contributed by atoms with E-state index in [1.54, 1.807) is 24.4 Å². The molecule has 4 nitrogen and oxygen atoms in total. The molecule has 0 fully saturated rings. The van der Waals surface area contributed by atoms with Gasteiger partial charge in [0.2, 0.25) is 5.91 Å². The standard InChI is InChI=1S/C16H18Cl2N2O2/c1-10(2)8-19-15(21)5-6-16-20-9-14(22-16)12-4-3-11(17)7-13(12)18/h3-4,7,9-10H,5-6,8H2,1-2H3,(H,19,21). The maximum absolute atomic E-state index is 11.7. The average Bonchev–Trinajstić information content (AvgIpc) is 2.91. The van der Waals surface area contributed by atoms with Gasteiger partial charge in [0.05, 0.1) is 11.2 Å². The van der Waals surface area contributed by atoms with E-state index in [2.05, 4.69) is 24.1 Å². The zero-order valence-corrected chi connectivity index (χ0v) is 14.0. The smallest absolute Gasteiger partial charge is 0.220 e. The van der Waals surface area contributed by atoms with Gasteiger partial charge in [-0.3, -0.25) is 4.79 Å². The summed E-state index contributed by atoms with van der Waals surface area (Å²) in [5.74, 6) is 1.52. The summed E-state index contributed by atoms with van der Waals surface area (Å²) in [6.45, 7) is 4.78. The van der Waals surface area contributed by atoms with Gasteiger partial charge >= 0.3 is 0 Å². The molecule has 0 atom stereocenters. The highest BCUT2D eigenvalue weighted by Crippen LogP contribution is 2.30. The highest BCUT2D eigenvalue weighted by atomic mass is 35.5. The van der Waals surface area contributed by atoms with Gasteiger partial charge in [0.1, 0.15) is 0 Å². The summed E-state index contributed by atoms with van der Waals surface area (Å²) in [5, 5.41) is 3.93. The summed E-state index contributed by atoms with van der Waals surface area (Å²) in [6, 6.07) is 5.18. The van der Waals surface area contributed by atoms with E-state index >= 15 is 0 Å². The van der Waals surface area contributed by atoms with E-state index in [9.17, 15) is 4.79 Å². The minimum Gasteiger partial charge on any atom is -0.441 e. The molecular formula is C16H18Cl2N2O2. The molecule has 1 N–H and O–H groups in total. The van der Waals surface area contributed by atoms with Gasteiger partial charge in [-0.2, -0.15) is 0 Å². The summed E-state index contributed by atoms with van der Waals surface area (Å²) in [5.41, 5.74) is 0.731. The third-order valence-corrected chi connectivity index (χ3v) is 3.57. The molecule has 0 spiro atoms. The van der Waals surface area contributed by atoms with Crippen molar-refractivity contribution in [3.8, 4) is 11.3 Å². The third kappa shape index (κ3) is 4.75. The summed E-state index contributed by atoms with van der Waals surface area (Å²) in [4.78, 5) is 15.9. The van der Waals surface area contributed by atoms with Crippen molar-refractivity contribution in [1.82, 2.24) is 10.3 Å². The molecule has 1 aromatic heterocycles. The second-order valence-corrected chi connectivity index (χ2v) is 6.28. The number of rotatable bonds is 6. The first-order valence-electron chi connectivity index (χ1n) is 7.12. The average molecular weight is 341 g/mol. The lowest BCUT2D eigenvalue weighted by Gasteiger charge is -2.06. The summed E-state index contributed by atoms with van der Waals surface area (Å²) in [7, 11) is 0. The molecule has 0 radical (unpaired) electrons. The Morgan fingerprint density at radius 3 is 2.82 bits per heavy atom. The molecule has 0 bridgehead atoms. The van der Waals surface area contributed by atoms with E-state index in [1.807, 2.05) is 0 Å². The number of carbonyl (C=O) groups excluding carboxylic acids is 1. The van der Waals surface area contributed by atoms with Crippen LogP contribution in [0.4, 0.5) is 0 Å². The van der Waals surface area contributed by atoms with Gasteiger partial charge in [0.15, 0.2) is 11.7 Å². The van der Waals surface area contributed by atoms with Crippen molar-refractivity contribution in [2.75, 3.05) is 6.54 Å². The Morgan fingerprint density at radius 2 is 2.14 bits per heavy atom. The minimum atomic E-state index is -0.00187. The molecule has 2 aromatic rings. The Labute approximate surface area is 139 Å². The number of carbonyl (C=O) groups is 1. The van der Waals surface area contributed by atoms with E-state index in [-0.39, 0.29) is 5.91 Å². The second kappa shape index (κ2) is 7.65. The number of aromatic nitrogens is 1. The van der Waals surface area contributed by atoms with Crippen LogP contribution in [0, 0.1) is 5.92 Å². The normalized spacial score (nSPS) is 11.0. The first-order valence-corrected chi connectivity index (χ1v) is 7.88. The topological polar surface area (TPSA) is 55.1 Å². The Hall–Kier alpha value is -1.52. The summed E-state index contributed by atoms with van der Waals surface area (Å²) in [6.07, 6.45) is 2.41. The van der Waals surface area contributed by atoms with E-state index < -0.39 is 0 Å². The summed E-state index contributed by atoms with van der Waals surface area (Å²) < 4.78 is 5.65. The highest BCUT2D eigenvalue weighted by Gasteiger charge is 2.11. The van der Waals surface area contributed by atoms with Crippen LogP contribution in [0.3, 0.4) is 0 Å². The lowest BCUT2D eigenvalue weighted by molar-refractivity contribution is -0.121. The van der Waals surface area contributed by atoms with Crippen LogP contribution in [0.25, 0.3) is 11.3 Å². The van der Waals surface area contributed by atoms with Gasteiger partial charge in [-0.15, -0.1) is 0 Å². The summed E-state index contributed by atoms with van der Waals surface area (Å²) >= 11 is 12.0. The fourth-order valence-corrected chi connectivity index (χ4v) is 2.37. The van der Waals surface area contributed by atoms with Crippen LogP contribution in [0.5, 0.6) is 0 Å². The number of oxazole rings is 1. The first-order chi connectivity index (χ1) is 10.5. The molecule has 1 aromatic carbocycles. The van der Waals surface area contributed by atoms with Gasteiger partial charge in [-0.1, -0.05) is 37.0 Å². The molecule has 0 saturated heterocycles. The van der Waals surface area contributed by atoms with Gasteiger partial charge in [0, 0.05) is 30.0 Å². The number of aryl methyl sites for hydroxylation is 1. The minimum absolute atomic E-state index is 0.00187. The van der Waals surface area contributed by atoms with Crippen LogP contribution >= 0.6 is 23.2 Å². The molecule has 118 valence electrons. The van der Waals surface area contributed by atoms with Crippen molar-refractivity contribution >= 4 is 29.1 Å². The predicted molar refractivity (Wildman–Crippen MR) is 88.1 cm³/mol. The number of amides is 1. The van der Waals surface area contributed by atoms with Crippen LogP contribution in [-0.4, -0.2) is 17.4 Å². The van der Waals surface area contributed by atoms with E-state index in [0.29, 0.717) is 47.0 Å². The van der Waals surface area contributed by atoms with E-state index in [1.165, 1.54) is 0 Å². The molecule has 2 rings (SSSR count). The molecule has 0 saturated carbocycles. The van der Waals surface area contributed by atoms with Crippen molar-refractivity contribution in [1.29, 1.82) is 0 Å². The Morgan fingerprint density at radius 1 is 1.36 bits per heavy atom. The largest absolute Gasteiger partial charge is 0.441 e. The molecule has 0 aliphatic rings. The maximum atomic E-state index is 11.7. The van der Waals surface area contributed by atoms with E-state index in [0.717, 1.165) is 5.56 Å². The second-order valence-electron chi connectivity index (χ2n) is 5.44. The van der Waals surface area contributed by atoms with Crippen LogP contribution < -0.4 is 5.32 Å². The number of hydrogen-bond acceptors (Lipinski definition) is 3. The Balaban J connectivity index is 1.95. The number of nitrogens with zero attached hydrogens (tertiary/aromatic N) is 1. The van der Waals surface area contributed by atoms with Crippen LogP contribution in [0.15, 0.2) is 28.8 Å². The van der Waals surface area contributed by atoms with Crippen molar-refractivity contribution in [3.63, 3.8) is 0 Å².